The van der Waals surface area contributed by atoms with Gasteiger partial charge in [0, 0.05) is 29.7 Å². The smallest absolute Gasteiger partial charge is 0.300 e. The second kappa shape index (κ2) is 9.56. The lowest BCUT2D eigenvalue weighted by Crippen LogP contribution is -2.29. The van der Waals surface area contributed by atoms with E-state index in [0.29, 0.717) is 34.9 Å². The second-order valence-electron chi connectivity index (χ2n) is 7.53. The van der Waals surface area contributed by atoms with Crippen molar-refractivity contribution in [3.63, 3.8) is 0 Å². The molecule has 1 unspecified atom stereocenters. The van der Waals surface area contributed by atoms with Gasteiger partial charge in [0.25, 0.3) is 11.7 Å². The largest absolute Gasteiger partial charge is 0.507 e. The van der Waals surface area contributed by atoms with Crippen LogP contribution in [0.3, 0.4) is 0 Å². The van der Waals surface area contributed by atoms with E-state index in [0.717, 1.165) is 6.42 Å². The lowest BCUT2D eigenvalue weighted by Gasteiger charge is -2.25. The number of pyridine rings is 1. The second-order valence-corrected chi connectivity index (χ2v) is 7.53. The van der Waals surface area contributed by atoms with Crippen molar-refractivity contribution in [3.05, 3.63) is 89.8 Å². The zero-order chi connectivity index (χ0) is 23.4. The summed E-state index contributed by atoms with van der Waals surface area (Å²) in [6, 6.07) is 16.3. The molecule has 1 fully saturated rings. The number of benzene rings is 2. The first kappa shape index (κ1) is 22.1. The number of carbonyl (C=O) groups is 2. The van der Waals surface area contributed by atoms with E-state index in [2.05, 4.69) is 4.98 Å². The molecule has 3 aromatic rings. The summed E-state index contributed by atoms with van der Waals surface area (Å²) >= 11 is 0. The molecule has 0 aliphatic carbocycles. The third kappa shape index (κ3) is 4.30. The van der Waals surface area contributed by atoms with Crippen molar-refractivity contribution in [1.82, 2.24) is 4.98 Å². The number of hydrogen-bond acceptors (Lipinski definition) is 6. The van der Waals surface area contributed by atoms with E-state index in [1.54, 1.807) is 73.1 Å². The highest BCUT2D eigenvalue weighted by molar-refractivity contribution is 6.51. The van der Waals surface area contributed by atoms with Crippen LogP contribution in [-0.4, -0.2) is 35.5 Å². The van der Waals surface area contributed by atoms with Gasteiger partial charge < -0.3 is 14.6 Å². The number of Topliss-reactive ketones (excluding diaryl/α,β-unsaturated/α-hetero) is 1. The Hall–Kier alpha value is -4.13. The first-order valence-electron chi connectivity index (χ1n) is 10.6. The topological polar surface area (TPSA) is 89.0 Å². The number of anilines is 1. The number of aromatic nitrogens is 1. The molecule has 1 aliphatic rings. The molecule has 4 rings (SSSR count). The van der Waals surface area contributed by atoms with Crippen LogP contribution < -0.4 is 14.4 Å². The molecule has 1 atom stereocenters. The SMILES string of the molecule is CCCOc1ccc(/C(O)=C2\C(=O)C(=O)N(c3cccc(OC)c3)C2c2cccnc2)cc1. The molecule has 0 spiro atoms. The lowest BCUT2D eigenvalue weighted by atomic mass is 9.96. The zero-order valence-electron chi connectivity index (χ0n) is 18.4. The molecule has 0 bridgehead atoms. The van der Waals surface area contributed by atoms with Crippen molar-refractivity contribution in [1.29, 1.82) is 0 Å². The van der Waals surface area contributed by atoms with E-state index in [9.17, 15) is 14.7 Å². The minimum Gasteiger partial charge on any atom is -0.507 e. The van der Waals surface area contributed by atoms with Crippen LogP contribution in [0.5, 0.6) is 11.5 Å². The molecule has 2 aromatic carbocycles. The van der Waals surface area contributed by atoms with Crippen LogP contribution in [0.4, 0.5) is 5.69 Å². The molecule has 1 amide bonds. The zero-order valence-corrected chi connectivity index (χ0v) is 18.4. The average molecular weight is 444 g/mol. The van der Waals surface area contributed by atoms with Crippen LogP contribution in [0.25, 0.3) is 5.76 Å². The van der Waals surface area contributed by atoms with Crippen molar-refractivity contribution in [3.8, 4) is 11.5 Å². The normalized spacial score (nSPS) is 17.3. The number of hydrogen-bond donors (Lipinski definition) is 1. The molecule has 2 heterocycles. The summed E-state index contributed by atoms with van der Waals surface area (Å²) in [5.41, 5.74) is 1.49. The first-order chi connectivity index (χ1) is 16.0. The summed E-state index contributed by atoms with van der Waals surface area (Å²) in [6.07, 6.45) is 4.06. The van der Waals surface area contributed by atoms with Crippen molar-refractivity contribution in [2.75, 3.05) is 18.6 Å². The number of aliphatic hydroxyl groups is 1. The number of carbonyl (C=O) groups excluding carboxylic acids is 2. The minimum atomic E-state index is -0.846. The van der Waals surface area contributed by atoms with Crippen LogP contribution in [-0.2, 0) is 9.59 Å². The maximum absolute atomic E-state index is 13.2. The van der Waals surface area contributed by atoms with E-state index < -0.39 is 17.7 Å². The third-order valence-electron chi connectivity index (χ3n) is 5.38. The standard InChI is InChI=1S/C26H24N2O5/c1-3-14-33-20-11-9-17(10-12-20)24(29)22-23(18-6-5-13-27-16-18)28(26(31)25(22)30)19-7-4-8-21(15-19)32-2/h4-13,15-16,23,29H,3,14H2,1-2H3/b24-22+. The lowest BCUT2D eigenvalue weighted by molar-refractivity contribution is -0.132. The maximum Gasteiger partial charge on any atom is 0.300 e. The van der Waals surface area contributed by atoms with Crippen molar-refractivity contribution < 1.29 is 24.2 Å². The van der Waals surface area contributed by atoms with Gasteiger partial charge in [0.15, 0.2) is 0 Å². The highest BCUT2D eigenvalue weighted by Gasteiger charge is 2.47. The number of amides is 1. The van der Waals surface area contributed by atoms with Gasteiger partial charge in [-0.15, -0.1) is 0 Å². The summed E-state index contributed by atoms with van der Waals surface area (Å²) in [6.45, 7) is 2.60. The molecule has 1 saturated heterocycles. The van der Waals surface area contributed by atoms with Crippen molar-refractivity contribution in [2.24, 2.45) is 0 Å². The first-order valence-corrected chi connectivity index (χ1v) is 10.6. The molecule has 168 valence electrons. The number of aliphatic hydroxyl groups excluding tert-OH is 1. The molecule has 7 heteroatoms. The maximum atomic E-state index is 13.2. The quantitative estimate of drug-likeness (QED) is 0.328. The Labute approximate surface area is 191 Å². The Morgan fingerprint density at radius 2 is 1.85 bits per heavy atom. The summed E-state index contributed by atoms with van der Waals surface area (Å²) < 4.78 is 10.9. The molecule has 0 saturated carbocycles. The van der Waals surface area contributed by atoms with Gasteiger partial charge in [0.05, 0.1) is 25.3 Å². The van der Waals surface area contributed by atoms with Gasteiger partial charge in [0.2, 0.25) is 0 Å². The molecular formula is C26H24N2O5. The Balaban J connectivity index is 1.83. The van der Waals surface area contributed by atoms with E-state index in [1.807, 2.05) is 6.92 Å². The predicted molar refractivity (Wildman–Crippen MR) is 124 cm³/mol. The number of nitrogens with zero attached hydrogens (tertiary/aromatic N) is 2. The summed E-state index contributed by atoms with van der Waals surface area (Å²) in [4.78, 5) is 31.8. The monoisotopic (exact) mass is 444 g/mol. The highest BCUT2D eigenvalue weighted by Crippen LogP contribution is 2.42. The molecule has 7 nitrogen and oxygen atoms in total. The number of methoxy groups -OCH3 is 1. The van der Waals surface area contributed by atoms with Crippen LogP contribution in [0.1, 0.15) is 30.5 Å². The van der Waals surface area contributed by atoms with Gasteiger partial charge in [-0.2, -0.15) is 0 Å². The van der Waals surface area contributed by atoms with Crippen LogP contribution in [0.15, 0.2) is 78.6 Å². The van der Waals surface area contributed by atoms with Gasteiger partial charge in [-0.25, -0.2) is 0 Å². The predicted octanol–water partition coefficient (Wildman–Crippen LogP) is 4.51. The Kier molecular flexibility index (Phi) is 6.40. The van der Waals surface area contributed by atoms with Crippen molar-refractivity contribution in [2.45, 2.75) is 19.4 Å². The molecule has 1 aliphatic heterocycles. The van der Waals surface area contributed by atoms with Gasteiger partial charge in [-0.1, -0.05) is 19.1 Å². The van der Waals surface area contributed by atoms with Gasteiger partial charge >= 0.3 is 0 Å². The van der Waals surface area contributed by atoms with Crippen LogP contribution in [0, 0.1) is 0 Å². The molecule has 1 N–H and O–H groups in total. The van der Waals surface area contributed by atoms with Gasteiger partial charge in [0.1, 0.15) is 17.3 Å². The number of rotatable bonds is 7. The van der Waals surface area contributed by atoms with E-state index >= 15 is 0 Å². The average Bonchev–Trinajstić information content (AvgIpc) is 3.13. The van der Waals surface area contributed by atoms with E-state index in [1.165, 1.54) is 12.0 Å². The Morgan fingerprint density at radius 3 is 2.52 bits per heavy atom. The Morgan fingerprint density at radius 1 is 1.06 bits per heavy atom. The third-order valence-corrected chi connectivity index (χ3v) is 5.38. The molecule has 0 radical (unpaired) electrons. The highest BCUT2D eigenvalue weighted by atomic mass is 16.5. The fourth-order valence-electron chi connectivity index (χ4n) is 3.80. The molecule has 1 aromatic heterocycles. The number of ketones is 1. The Bertz CT molecular complexity index is 1190. The van der Waals surface area contributed by atoms with Gasteiger partial charge in [-0.05, 0) is 54.4 Å². The minimum absolute atomic E-state index is 0.00181. The summed E-state index contributed by atoms with van der Waals surface area (Å²) in [7, 11) is 1.53. The van der Waals surface area contributed by atoms with Gasteiger partial charge in [-0.3, -0.25) is 19.5 Å². The summed E-state index contributed by atoms with van der Waals surface area (Å²) in [5, 5.41) is 11.2. The summed E-state index contributed by atoms with van der Waals surface area (Å²) in [5.74, 6) is -0.553. The van der Waals surface area contributed by atoms with E-state index in [-0.39, 0.29) is 11.3 Å². The fraction of sp³-hybridized carbons (Fsp3) is 0.192. The van der Waals surface area contributed by atoms with Crippen LogP contribution >= 0.6 is 0 Å². The van der Waals surface area contributed by atoms with Crippen LogP contribution in [0.2, 0.25) is 0 Å². The molecular weight excluding hydrogens is 420 g/mol. The van der Waals surface area contributed by atoms with E-state index in [4.69, 9.17) is 9.47 Å². The number of ether oxygens (including phenoxy) is 2. The fourth-order valence-corrected chi connectivity index (χ4v) is 3.80. The molecule has 33 heavy (non-hydrogen) atoms. The van der Waals surface area contributed by atoms with Crippen molar-refractivity contribution >= 4 is 23.1 Å².